The summed E-state index contributed by atoms with van der Waals surface area (Å²) in [6.07, 6.45) is 0. The molecular weight excluding hydrogens is 386 g/mol. The van der Waals surface area contributed by atoms with Gasteiger partial charge in [-0.05, 0) is 36.8 Å². The maximum Gasteiger partial charge on any atom is 0.266 e. The number of fused-ring (bicyclic) bond motifs is 1. The van der Waals surface area contributed by atoms with Gasteiger partial charge in [-0.25, -0.2) is 12.7 Å². The average Bonchev–Trinajstić information content (AvgIpc) is 2.74. The molecule has 0 saturated carbocycles. The highest BCUT2D eigenvalue weighted by molar-refractivity contribution is 7.92. The lowest BCUT2D eigenvalue weighted by molar-refractivity contribution is 0.576. The topological polar surface area (TPSA) is 67.6 Å². The Balaban J connectivity index is 1.99. The van der Waals surface area contributed by atoms with Crippen molar-refractivity contribution in [3.63, 3.8) is 0 Å². The van der Waals surface area contributed by atoms with Crippen LogP contribution in [0.1, 0.15) is 5.56 Å². The van der Waals surface area contributed by atoms with E-state index in [4.69, 9.17) is 4.42 Å². The minimum Gasteiger partial charge on any atom is -0.439 e. The number of hydrogen-bond acceptors (Lipinski definition) is 4. The van der Waals surface area contributed by atoms with Crippen molar-refractivity contribution in [2.45, 2.75) is 11.8 Å². The van der Waals surface area contributed by atoms with E-state index in [1.165, 1.54) is 7.05 Å². The third kappa shape index (κ3) is 3.32. The molecule has 0 aliphatic rings. The van der Waals surface area contributed by atoms with E-state index in [9.17, 15) is 13.2 Å². The van der Waals surface area contributed by atoms with Gasteiger partial charge in [0.15, 0.2) is 0 Å². The molecule has 0 bridgehead atoms. The van der Waals surface area contributed by atoms with Crippen LogP contribution in [0, 0.1) is 6.92 Å². The van der Waals surface area contributed by atoms with Crippen LogP contribution in [-0.4, -0.2) is 15.5 Å². The van der Waals surface area contributed by atoms with Crippen LogP contribution in [0.25, 0.3) is 22.1 Å². The normalized spacial score (nSPS) is 11.5. The molecule has 146 valence electrons. The first-order chi connectivity index (χ1) is 13.9. The number of sulfonamides is 1. The fraction of sp³-hybridized carbons (Fsp3) is 0.0870. The first-order valence-electron chi connectivity index (χ1n) is 9.06. The molecule has 0 unspecified atom stereocenters. The molecule has 0 N–H and O–H groups in total. The molecule has 1 heterocycles. The average molecular weight is 405 g/mol. The van der Waals surface area contributed by atoms with Crippen molar-refractivity contribution in [1.29, 1.82) is 0 Å². The van der Waals surface area contributed by atoms with E-state index in [1.54, 1.807) is 72.8 Å². The molecule has 1 aromatic heterocycles. The van der Waals surface area contributed by atoms with Gasteiger partial charge in [-0.3, -0.25) is 4.79 Å². The summed E-state index contributed by atoms with van der Waals surface area (Å²) in [6.45, 7) is 1.88. The molecule has 0 radical (unpaired) electrons. The van der Waals surface area contributed by atoms with Gasteiger partial charge in [0.2, 0.25) is 11.3 Å². The maximum absolute atomic E-state index is 13.3. The number of anilines is 1. The fourth-order valence-electron chi connectivity index (χ4n) is 3.19. The van der Waals surface area contributed by atoms with E-state index >= 15 is 0 Å². The van der Waals surface area contributed by atoms with Gasteiger partial charge in [-0.2, -0.15) is 0 Å². The van der Waals surface area contributed by atoms with E-state index in [2.05, 4.69) is 0 Å². The lowest BCUT2D eigenvalue weighted by Gasteiger charge is -2.21. The van der Waals surface area contributed by atoms with Crippen LogP contribution in [0.5, 0.6) is 0 Å². The zero-order valence-corrected chi connectivity index (χ0v) is 16.8. The second kappa shape index (κ2) is 7.22. The quantitative estimate of drug-likeness (QED) is 0.498. The van der Waals surface area contributed by atoms with Crippen LogP contribution >= 0.6 is 0 Å². The summed E-state index contributed by atoms with van der Waals surface area (Å²) in [5.41, 5.74) is 1.81. The van der Waals surface area contributed by atoms with Crippen molar-refractivity contribution >= 4 is 26.9 Å². The second-order valence-corrected chi connectivity index (χ2v) is 8.73. The molecule has 0 saturated heterocycles. The molecule has 0 aliphatic heterocycles. The smallest absolute Gasteiger partial charge is 0.266 e. The molecule has 0 atom stereocenters. The fourth-order valence-corrected chi connectivity index (χ4v) is 4.33. The Morgan fingerprint density at radius 3 is 2.14 bits per heavy atom. The monoisotopic (exact) mass is 405 g/mol. The number of hydrogen-bond donors (Lipinski definition) is 0. The maximum atomic E-state index is 13.3. The van der Waals surface area contributed by atoms with Crippen LogP contribution in [0.2, 0.25) is 0 Å². The molecule has 0 spiro atoms. The van der Waals surface area contributed by atoms with E-state index in [1.807, 2.05) is 13.0 Å². The number of para-hydroxylation sites is 1. The van der Waals surface area contributed by atoms with Crippen molar-refractivity contribution in [1.82, 2.24) is 0 Å². The third-order valence-corrected chi connectivity index (χ3v) is 6.56. The Hall–Kier alpha value is -3.38. The Labute approximate surface area is 168 Å². The number of rotatable bonds is 4. The van der Waals surface area contributed by atoms with Crippen LogP contribution in [0.15, 0.2) is 93.0 Å². The number of nitrogens with zero attached hydrogens (tertiary/aromatic N) is 1. The lowest BCUT2D eigenvalue weighted by Crippen LogP contribution is -2.28. The minimum absolute atomic E-state index is 0.0134. The lowest BCUT2D eigenvalue weighted by atomic mass is 10.0. The largest absolute Gasteiger partial charge is 0.439 e. The molecule has 5 nitrogen and oxygen atoms in total. The van der Waals surface area contributed by atoms with Gasteiger partial charge in [0.1, 0.15) is 5.58 Å². The van der Waals surface area contributed by atoms with Gasteiger partial charge in [-0.1, -0.05) is 60.2 Å². The zero-order chi connectivity index (χ0) is 20.6. The van der Waals surface area contributed by atoms with Crippen molar-refractivity contribution in [2.24, 2.45) is 0 Å². The predicted octanol–water partition coefficient (Wildman–Crippen LogP) is 4.59. The summed E-state index contributed by atoms with van der Waals surface area (Å²) in [7, 11) is -2.53. The molecule has 3 aromatic carbocycles. The zero-order valence-electron chi connectivity index (χ0n) is 16.0. The van der Waals surface area contributed by atoms with E-state index in [-0.39, 0.29) is 21.8 Å². The molecule has 6 heteroatoms. The highest BCUT2D eigenvalue weighted by Gasteiger charge is 2.28. The summed E-state index contributed by atoms with van der Waals surface area (Å²) in [6, 6.07) is 22.3. The Bertz CT molecular complexity index is 1340. The summed E-state index contributed by atoms with van der Waals surface area (Å²) in [5, 5.41) is 0.399. The minimum atomic E-state index is -3.92. The molecule has 0 aliphatic carbocycles. The van der Waals surface area contributed by atoms with Gasteiger partial charge in [0.05, 0.1) is 15.8 Å². The first kappa shape index (κ1) is 19.0. The van der Waals surface area contributed by atoms with E-state index < -0.39 is 10.0 Å². The van der Waals surface area contributed by atoms with Gasteiger partial charge >= 0.3 is 0 Å². The third-order valence-electron chi connectivity index (χ3n) is 4.81. The van der Waals surface area contributed by atoms with Crippen molar-refractivity contribution in [2.75, 3.05) is 11.4 Å². The Kier molecular flexibility index (Phi) is 4.72. The first-order valence-corrected chi connectivity index (χ1v) is 10.5. The summed E-state index contributed by atoms with van der Waals surface area (Å²) in [5.74, 6) is -0.0134. The Morgan fingerprint density at radius 2 is 1.45 bits per heavy atom. The second-order valence-electron chi connectivity index (χ2n) is 6.76. The molecule has 0 fully saturated rings. The standard InChI is InChI=1S/C23H19NO4S/c1-16-12-14-18(15-13-16)29(26,27)24(2)23-21(17-8-4-3-5-9-17)22(25)19-10-6-7-11-20(19)28-23/h3-15H,1-2H3. The number of benzene rings is 3. The predicted molar refractivity (Wildman–Crippen MR) is 115 cm³/mol. The van der Waals surface area contributed by atoms with Crippen LogP contribution in [-0.2, 0) is 10.0 Å². The highest BCUT2D eigenvalue weighted by atomic mass is 32.2. The van der Waals surface area contributed by atoms with E-state index in [0.717, 1.165) is 9.87 Å². The summed E-state index contributed by atoms with van der Waals surface area (Å²) in [4.78, 5) is 13.4. The summed E-state index contributed by atoms with van der Waals surface area (Å²) < 4.78 is 33.5. The molecule has 4 aromatic rings. The van der Waals surface area contributed by atoms with Crippen molar-refractivity contribution < 1.29 is 12.8 Å². The van der Waals surface area contributed by atoms with Crippen LogP contribution < -0.4 is 9.73 Å². The molecule has 0 amide bonds. The van der Waals surface area contributed by atoms with Gasteiger partial charge in [-0.15, -0.1) is 0 Å². The van der Waals surface area contributed by atoms with Crippen molar-refractivity contribution in [3.8, 4) is 11.1 Å². The summed E-state index contributed by atoms with van der Waals surface area (Å²) >= 11 is 0. The van der Waals surface area contributed by atoms with Gasteiger partial charge in [0.25, 0.3) is 10.0 Å². The van der Waals surface area contributed by atoms with Crippen LogP contribution in [0.3, 0.4) is 0 Å². The molecule has 4 rings (SSSR count). The van der Waals surface area contributed by atoms with Gasteiger partial charge in [0, 0.05) is 7.05 Å². The molecular formula is C23H19NO4S. The highest BCUT2D eigenvalue weighted by Crippen LogP contribution is 2.33. The Morgan fingerprint density at radius 1 is 0.828 bits per heavy atom. The van der Waals surface area contributed by atoms with Crippen molar-refractivity contribution in [3.05, 3.63) is 94.6 Å². The van der Waals surface area contributed by atoms with E-state index in [0.29, 0.717) is 16.5 Å². The van der Waals surface area contributed by atoms with Crippen LogP contribution in [0.4, 0.5) is 5.88 Å². The number of aryl methyl sites for hydroxylation is 1. The SMILES string of the molecule is Cc1ccc(S(=O)(=O)N(C)c2oc3ccccc3c(=O)c2-c2ccccc2)cc1. The molecule has 29 heavy (non-hydrogen) atoms. The van der Waals surface area contributed by atoms with Gasteiger partial charge < -0.3 is 4.42 Å².